The van der Waals surface area contributed by atoms with Gasteiger partial charge in [-0.1, -0.05) is 0 Å². The molecule has 0 heterocycles. The molecule has 0 fully saturated rings. The van der Waals surface area contributed by atoms with Crippen molar-refractivity contribution in [1.82, 2.24) is 4.90 Å². The van der Waals surface area contributed by atoms with Gasteiger partial charge in [-0.25, -0.2) is 4.90 Å². The molecule has 0 spiro atoms. The first-order chi connectivity index (χ1) is 6.74. The first-order valence-electron chi connectivity index (χ1n) is 4.24. The number of esters is 1. The minimum absolute atomic E-state index is 0.369. The molecule has 0 saturated carbocycles. The van der Waals surface area contributed by atoms with Gasteiger partial charge in [-0.05, 0) is 0 Å². The van der Waals surface area contributed by atoms with Gasteiger partial charge >= 0.3 is 5.97 Å². The van der Waals surface area contributed by atoms with Crippen LogP contribution in [0.15, 0.2) is 0 Å². The highest BCUT2D eigenvalue weighted by Gasteiger charge is 2.39. The maximum Gasteiger partial charge on any atom is 0.305 e. The van der Waals surface area contributed by atoms with Crippen LogP contribution in [0.25, 0.3) is 0 Å². The Balaban J connectivity index is 5.11. The average Bonchev–Trinajstić information content (AvgIpc) is 2.00. The second-order valence-electron chi connectivity index (χ2n) is 3.02. The van der Waals surface area contributed by atoms with E-state index in [-0.39, 0.29) is 6.54 Å². The molecule has 1 unspecified atom stereocenters. The number of ether oxygens (including phenoxy) is 1. The number of nitrogens with two attached hydrogens (primary N) is 2. The van der Waals surface area contributed by atoms with Gasteiger partial charge in [0.05, 0.1) is 6.54 Å². The molecule has 0 aliphatic heterocycles. The summed E-state index contributed by atoms with van der Waals surface area (Å²) in [6, 6.07) is 0. The molecule has 7 heteroatoms. The van der Waals surface area contributed by atoms with E-state index in [4.69, 9.17) is 11.5 Å². The van der Waals surface area contributed by atoms with E-state index in [0.717, 1.165) is 20.8 Å². The van der Waals surface area contributed by atoms with Gasteiger partial charge in [0.2, 0.25) is 11.8 Å². The lowest BCUT2D eigenvalue weighted by molar-refractivity contribution is -0.187. The molecule has 86 valence electrons. The Kier molecular flexibility index (Phi) is 4.38. The fraction of sp³-hybridized carbons (Fsp3) is 0.625. The maximum atomic E-state index is 11.2. The molecule has 1 atom stereocenters. The highest BCUT2D eigenvalue weighted by molar-refractivity contribution is 5.94. The molecule has 15 heavy (non-hydrogen) atoms. The lowest BCUT2D eigenvalue weighted by atomic mass is 10.3. The zero-order valence-electron chi connectivity index (χ0n) is 8.94. The molecule has 0 saturated heterocycles. The van der Waals surface area contributed by atoms with Crippen molar-refractivity contribution in [2.75, 3.05) is 6.54 Å². The van der Waals surface area contributed by atoms with Crippen LogP contribution in [0, 0.1) is 0 Å². The lowest BCUT2D eigenvalue weighted by Crippen LogP contribution is -2.65. The average molecular weight is 217 g/mol. The quantitative estimate of drug-likeness (QED) is 0.439. The van der Waals surface area contributed by atoms with Crippen molar-refractivity contribution < 1.29 is 19.1 Å². The Labute approximate surface area is 87.3 Å². The van der Waals surface area contributed by atoms with Crippen molar-refractivity contribution >= 4 is 17.8 Å². The van der Waals surface area contributed by atoms with E-state index in [1.54, 1.807) is 0 Å². The summed E-state index contributed by atoms with van der Waals surface area (Å²) < 4.78 is 4.67. The van der Waals surface area contributed by atoms with Crippen LogP contribution >= 0.6 is 0 Å². The molecule has 0 rings (SSSR count). The third-order valence-corrected chi connectivity index (χ3v) is 1.62. The van der Waals surface area contributed by atoms with Crippen molar-refractivity contribution in [3.63, 3.8) is 0 Å². The van der Waals surface area contributed by atoms with Crippen LogP contribution in [0.2, 0.25) is 0 Å². The highest BCUT2D eigenvalue weighted by Crippen LogP contribution is 2.10. The molecular formula is C8H15N3O4. The van der Waals surface area contributed by atoms with Gasteiger partial charge < -0.3 is 10.5 Å². The van der Waals surface area contributed by atoms with Gasteiger partial charge in [-0.2, -0.15) is 0 Å². The van der Waals surface area contributed by atoms with Gasteiger partial charge in [0.15, 0.2) is 0 Å². The third-order valence-electron chi connectivity index (χ3n) is 1.62. The van der Waals surface area contributed by atoms with Crippen LogP contribution in [-0.2, 0) is 19.1 Å². The third kappa shape index (κ3) is 3.30. The van der Waals surface area contributed by atoms with Crippen LogP contribution in [-0.4, -0.2) is 35.1 Å². The van der Waals surface area contributed by atoms with Gasteiger partial charge in [-0.3, -0.25) is 20.1 Å². The van der Waals surface area contributed by atoms with E-state index in [1.807, 2.05) is 0 Å². The molecule has 0 radical (unpaired) electrons. The molecule has 0 aromatic carbocycles. The van der Waals surface area contributed by atoms with E-state index >= 15 is 0 Å². The summed E-state index contributed by atoms with van der Waals surface area (Å²) >= 11 is 0. The molecule has 0 aliphatic rings. The fourth-order valence-electron chi connectivity index (χ4n) is 1.18. The fourth-order valence-corrected chi connectivity index (χ4v) is 1.18. The predicted octanol–water partition coefficient (Wildman–Crippen LogP) is -1.48. The second-order valence-corrected chi connectivity index (χ2v) is 3.02. The first kappa shape index (κ1) is 13.5. The van der Waals surface area contributed by atoms with Crippen molar-refractivity contribution in [1.29, 1.82) is 0 Å². The number of rotatable bonds is 3. The zero-order valence-corrected chi connectivity index (χ0v) is 8.94. The summed E-state index contributed by atoms with van der Waals surface area (Å²) in [6.45, 7) is 2.99. The van der Waals surface area contributed by atoms with Crippen LogP contribution in [0.3, 0.4) is 0 Å². The highest BCUT2D eigenvalue weighted by atomic mass is 16.6. The first-order valence-corrected chi connectivity index (χ1v) is 4.24. The Bertz CT molecular complexity index is 278. The number of hydrogen-bond acceptors (Lipinski definition) is 6. The standard InChI is InChI=1S/C8H15N3O4/c1-5(12)11(6(2)13)8(10,4-9)15-7(3)14/h4,9-10H2,1-3H3. The number of carbonyl (C=O) groups is 3. The zero-order chi connectivity index (χ0) is 12.2. The summed E-state index contributed by atoms with van der Waals surface area (Å²) in [4.78, 5) is 33.7. The molecule has 2 amide bonds. The van der Waals surface area contributed by atoms with Gasteiger partial charge in [0, 0.05) is 20.8 Å². The SMILES string of the molecule is CC(=O)OC(N)(CN)N(C(C)=O)C(C)=O. The molecule has 0 aromatic rings. The smallest absolute Gasteiger partial charge is 0.305 e. The van der Waals surface area contributed by atoms with Crippen molar-refractivity contribution in [3.8, 4) is 0 Å². The molecule has 0 aliphatic carbocycles. The summed E-state index contributed by atoms with van der Waals surface area (Å²) in [5.41, 5.74) is 10.8. The van der Waals surface area contributed by atoms with Crippen molar-refractivity contribution in [3.05, 3.63) is 0 Å². The summed E-state index contributed by atoms with van der Waals surface area (Å²) in [5, 5.41) is 0. The Morgan fingerprint density at radius 1 is 1.20 bits per heavy atom. The normalized spacial score (nSPS) is 13.9. The number of hydrogen-bond donors (Lipinski definition) is 2. The predicted molar refractivity (Wildman–Crippen MR) is 50.9 cm³/mol. The topological polar surface area (TPSA) is 116 Å². The largest absolute Gasteiger partial charge is 0.423 e. The Hall–Kier alpha value is -1.47. The number of amides is 2. The van der Waals surface area contributed by atoms with E-state index < -0.39 is 23.6 Å². The van der Waals surface area contributed by atoms with E-state index in [0.29, 0.717) is 4.90 Å². The monoisotopic (exact) mass is 217 g/mol. The number of carbonyl (C=O) groups excluding carboxylic acids is 3. The van der Waals surface area contributed by atoms with Crippen molar-refractivity contribution in [2.45, 2.75) is 26.6 Å². The second kappa shape index (κ2) is 4.85. The Morgan fingerprint density at radius 3 is 1.80 bits per heavy atom. The number of imide groups is 1. The maximum absolute atomic E-state index is 11.2. The van der Waals surface area contributed by atoms with Gasteiger partial charge in [0.1, 0.15) is 0 Å². The van der Waals surface area contributed by atoms with Crippen LogP contribution in [0.4, 0.5) is 0 Å². The minimum atomic E-state index is -1.91. The van der Waals surface area contributed by atoms with Crippen LogP contribution in [0.1, 0.15) is 20.8 Å². The Morgan fingerprint density at radius 2 is 1.60 bits per heavy atom. The van der Waals surface area contributed by atoms with E-state index in [1.165, 1.54) is 0 Å². The summed E-state index contributed by atoms with van der Waals surface area (Å²) in [6.07, 6.45) is 0. The lowest BCUT2D eigenvalue weighted by Gasteiger charge is -2.35. The van der Waals surface area contributed by atoms with Gasteiger partial charge in [0.25, 0.3) is 5.85 Å². The molecule has 7 nitrogen and oxygen atoms in total. The number of nitrogens with zero attached hydrogens (tertiary/aromatic N) is 1. The van der Waals surface area contributed by atoms with Crippen LogP contribution in [0.5, 0.6) is 0 Å². The molecule has 0 bridgehead atoms. The molecule has 0 aromatic heterocycles. The molecule has 4 N–H and O–H groups in total. The molecular weight excluding hydrogens is 202 g/mol. The van der Waals surface area contributed by atoms with Gasteiger partial charge in [-0.15, -0.1) is 0 Å². The minimum Gasteiger partial charge on any atom is -0.423 e. The van der Waals surface area contributed by atoms with E-state index in [2.05, 4.69) is 4.74 Å². The van der Waals surface area contributed by atoms with E-state index in [9.17, 15) is 14.4 Å². The van der Waals surface area contributed by atoms with Crippen LogP contribution < -0.4 is 11.5 Å². The summed E-state index contributed by atoms with van der Waals surface area (Å²) in [5.74, 6) is -3.92. The van der Waals surface area contributed by atoms with Crippen molar-refractivity contribution in [2.24, 2.45) is 11.5 Å². The summed E-state index contributed by atoms with van der Waals surface area (Å²) in [7, 11) is 0.